The topological polar surface area (TPSA) is 95.8 Å². The lowest BCUT2D eigenvalue weighted by Gasteiger charge is -2.34. The van der Waals surface area contributed by atoms with Crippen LogP contribution in [-0.4, -0.2) is 60.9 Å². The maximum Gasteiger partial charge on any atom is 0.248 e. The van der Waals surface area contributed by atoms with Crippen LogP contribution in [0.25, 0.3) is 12.2 Å². The summed E-state index contributed by atoms with van der Waals surface area (Å²) in [5.41, 5.74) is 1.54. The molecule has 218 valence electrons. The van der Waals surface area contributed by atoms with E-state index >= 15 is 0 Å². The minimum absolute atomic E-state index is 0.0188. The van der Waals surface area contributed by atoms with Gasteiger partial charge < -0.3 is 9.84 Å². The lowest BCUT2D eigenvalue weighted by atomic mass is 9.95. The highest BCUT2D eigenvalue weighted by Crippen LogP contribution is 2.30. The summed E-state index contributed by atoms with van der Waals surface area (Å²) >= 11 is 0. The summed E-state index contributed by atoms with van der Waals surface area (Å²) in [6.45, 7) is 4.64. The first kappa shape index (κ1) is 29.1. The van der Waals surface area contributed by atoms with Crippen molar-refractivity contribution >= 4 is 28.1 Å². The quantitative estimate of drug-likeness (QED) is 0.416. The Morgan fingerprint density at radius 2 is 1.73 bits per heavy atom. The number of nitrogens with one attached hydrogen (secondary N) is 1. The number of hydrogen-bond acceptors (Lipinski definition) is 6. The molecule has 2 saturated heterocycles. The van der Waals surface area contributed by atoms with Gasteiger partial charge in [0.05, 0.1) is 0 Å². The van der Waals surface area contributed by atoms with Gasteiger partial charge in [-0.05, 0) is 62.5 Å². The van der Waals surface area contributed by atoms with Crippen molar-refractivity contribution in [1.82, 2.24) is 19.7 Å². The van der Waals surface area contributed by atoms with Gasteiger partial charge in [0.1, 0.15) is 17.3 Å². The molecule has 0 unspecified atom stereocenters. The zero-order valence-corrected chi connectivity index (χ0v) is 23.7. The average molecular weight is 585 g/mol. The first-order valence-corrected chi connectivity index (χ1v) is 15.3. The molecule has 0 aliphatic carbocycles. The number of aromatic nitrogens is 1. The number of aryl methyl sites for hydroxylation is 1. The van der Waals surface area contributed by atoms with Crippen LogP contribution in [0, 0.1) is 24.5 Å². The summed E-state index contributed by atoms with van der Waals surface area (Å²) in [6, 6.07) is 13.6. The Balaban J connectivity index is 1.15. The second-order valence-electron chi connectivity index (χ2n) is 10.7. The molecule has 2 aliphatic rings. The van der Waals surface area contributed by atoms with E-state index in [1.54, 1.807) is 0 Å². The number of amides is 1. The monoisotopic (exact) mass is 584 g/mol. The largest absolute Gasteiger partial charge is 0.355 e. The van der Waals surface area contributed by atoms with Crippen LogP contribution in [0.4, 0.5) is 8.78 Å². The number of likely N-dealkylation sites (tertiary alicyclic amines) is 1. The number of benzene rings is 2. The van der Waals surface area contributed by atoms with Crippen molar-refractivity contribution in [3.8, 4) is 0 Å². The van der Waals surface area contributed by atoms with Gasteiger partial charge in [0.2, 0.25) is 15.9 Å². The highest BCUT2D eigenvalue weighted by Gasteiger charge is 2.36. The van der Waals surface area contributed by atoms with E-state index in [4.69, 9.17) is 4.52 Å². The molecule has 5 rings (SSSR count). The average Bonchev–Trinajstić information content (AvgIpc) is 3.35. The van der Waals surface area contributed by atoms with Crippen LogP contribution in [0.2, 0.25) is 0 Å². The SMILES string of the molecule is Cc1noc(C=Cc2ccc(F)cc2F)c1S(=O)(=O)N1CCC(C(=O)NC2CCN(Cc3ccccc3)CC2)CC1. The Labute approximate surface area is 239 Å². The fraction of sp³-hybridized carbons (Fsp3) is 0.400. The molecular weight excluding hydrogens is 550 g/mol. The van der Waals surface area contributed by atoms with E-state index in [0.717, 1.165) is 44.6 Å². The predicted molar refractivity (Wildman–Crippen MR) is 151 cm³/mol. The minimum atomic E-state index is -3.97. The van der Waals surface area contributed by atoms with Crippen LogP contribution in [0.1, 0.15) is 48.3 Å². The number of hydrogen-bond donors (Lipinski definition) is 1. The first-order chi connectivity index (χ1) is 19.7. The number of sulfonamides is 1. The van der Waals surface area contributed by atoms with Crippen LogP contribution in [-0.2, 0) is 21.4 Å². The van der Waals surface area contributed by atoms with Crippen molar-refractivity contribution in [2.45, 2.75) is 50.1 Å². The minimum Gasteiger partial charge on any atom is -0.355 e. The van der Waals surface area contributed by atoms with Crippen LogP contribution in [0.5, 0.6) is 0 Å². The molecule has 1 N–H and O–H groups in total. The maximum absolute atomic E-state index is 14.0. The fourth-order valence-corrected chi connectivity index (χ4v) is 7.20. The van der Waals surface area contributed by atoms with E-state index in [1.165, 1.54) is 35.0 Å². The zero-order chi connectivity index (χ0) is 29.0. The van der Waals surface area contributed by atoms with E-state index < -0.39 is 21.7 Å². The van der Waals surface area contributed by atoms with Gasteiger partial charge in [-0.15, -0.1) is 0 Å². The first-order valence-electron chi connectivity index (χ1n) is 13.9. The van der Waals surface area contributed by atoms with Crippen molar-refractivity contribution in [2.75, 3.05) is 26.2 Å². The van der Waals surface area contributed by atoms with Crippen LogP contribution >= 0.6 is 0 Å². The summed E-state index contributed by atoms with van der Waals surface area (Å²) in [4.78, 5) is 15.3. The molecule has 0 bridgehead atoms. The molecule has 3 heterocycles. The highest BCUT2D eigenvalue weighted by molar-refractivity contribution is 7.89. The van der Waals surface area contributed by atoms with Crippen molar-refractivity contribution in [3.05, 3.63) is 82.7 Å². The molecule has 0 saturated carbocycles. The lowest BCUT2D eigenvalue weighted by Crippen LogP contribution is -2.48. The molecule has 2 aromatic carbocycles. The van der Waals surface area contributed by atoms with E-state index in [0.29, 0.717) is 12.8 Å². The summed E-state index contributed by atoms with van der Waals surface area (Å²) in [5, 5.41) is 7.00. The Morgan fingerprint density at radius 1 is 1.02 bits per heavy atom. The zero-order valence-electron chi connectivity index (χ0n) is 22.9. The van der Waals surface area contributed by atoms with Gasteiger partial charge in [-0.25, -0.2) is 17.2 Å². The fourth-order valence-electron chi connectivity index (χ4n) is 5.48. The molecule has 0 radical (unpaired) electrons. The summed E-state index contributed by atoms with van der Waals surface area (Å²) in [5.74, 6) is -1.80. The number of halogens is 2. The number of nitrogens with zero attached hydrogens (tertiary/aromatic N) is 3. The molecule has 0 atom stereocenters. The van der Waals surface area contributed by atoms with Crippen LogP contribution < -0.4 is 5.32 Å². The van der Waals surface area contributed by atoms with Gasteiger partial charge in [-0.2, -0.15) is 4.31 Å². The Kier molecular flexibility index (Phi) is 8.96. The smallest absolute Gasteiger partial charge is 0.248 e. The molecular formula is C30H34F2N4O4S. The number of carbonyl (C=O) groups excluding carboxylic acids is 1. The number of rotatable bonds is 8. The van der Waals surface area contributed by atoms with Crippen molar-refractivity contribution in [3.63, 3.8) is 0 Å². The van der Waals surface area contributed by atoms with Gasteiger partial charge in [0.15, 0.2) is 10.7 Å². The number of piperidine rings is 2. The molecule has 2 aliphatic heterocycles. The summed E-state index contributed by atoms with van der Waals surface area (Å²) in [7, 11) is -3.97. The Bertz CT molecular complexity index is 1490. The van der Waals surface area contributed by atoms with Gasteiger partial charge in [-0.3, -0.25) is 9.69 Å². The summed E-state index contributed by atoms with van der Waals surface area (Å²) in [6.07, 6.45) is 5.22. The molecule has 2 fully saturated rings. The standard InChI is InChI=1S/C30H34F2N4O4S/c1-21-29(28(40-34-21)10-8-23-7-9-25(31)19-27(23)32)41(38,39)36-17-11-24(12-18-36)30(37)33-26-13-15-35(16-14-26)20-22-5-3-2-4-6-22/h2-10,19,24,26H,11-18,20H2,1H3,(H,33,37). The van der Waals surface area contributed by atoms with E-state index in [2.05, 4.69) is 27.5 Å². The molecule has 11 heteroatoms. The van der Waals surface area contributed by atoms with E-state index in [9.17, 15) is 22.0 Å². The van der Waals surface area contributed by atoms with E-state index in [-0.39, 0.29) is 52.9 Å². The lowest BCUT2D eigenvalue weighted by molar-refractivity contribution is -0.127. The number of carbonyl (C=O) groups is 1. The Morgan fingerprint density at radius 3 is 2.41 bits per heavy atom. The predicted octanol–water partition coefficient (Wildman–Crippen LogP) is 4.61. The molecule has 3 aromatic rings. The van der Waals surface area contributed by atoms with Crippen molar-refractivity contribution in [1.29, 1.82) is 0 Å². The van der Waals surface area contributed by atoms with Crippen LogP contribution in [0.3, 0.4) is 0 Å². The van der Waals surface area contributed by atoms with Gasteiger partial charge in [0.25, 0.3) is 0 Å². The van der Waals surface area contributed by atoms with Gasteiger partial charge >= 0.3 is 0 Å². The molecule has 8 nitrogen and oxygen atoms in total. The third-order valence-electron chi connectivity index (χ3n) is 7.82. The maximum atomic E-state index is 14.0. The molecule has 1 aromatic heterocycles. The molecule has 41 heavy (non-hydrogen) atoms. The van der Waals surface area contributed by atoms with Gasteiger partial charge in [-0.1, -0.05) is 35.5 Å². The van der Waals surface area contributed by atoms with Crippen LogP contribution in [0.15, 0.2) is 57.9 Å². The normalized spacial score (nSPS) is 18.2. The second kappa shape index (κ2) is 12.6. The molecule has 1 amide bonds. The Hall–Kier alpha value is -3.41. The third-order valence-corrected chi connectivity index (χ3v) is 9.87. The third kappa shape index (κ3) is 6.91. The highest BCUT2D eigenvalue weighted by atomic mass is 32.2. The summed E-state index contributed by atoms with van der Waals surface area (Å²) < 4.78 is 60.9. The van der Waals surface area contributed by atoms with Crippen molar-refractivity contribution < 1.29 is 26.5 Å². The van der Waals surface area contributed by atoms with Crippen molar-refractivity contribution in [2.24, 2.45) is 5.92 Å². The molecule has 0 spiro atoms. The second-order valence-corrected chi connectivity index (χ2v) is 12.6. The van der Waals surface area contributed by atoms with E-state index in [1.807, 2.05) is 18.2 Å². The van der Waals surface area contributed by atoms with Gasteiger partial charge in [0, 0.05) is 56.3 Å².